The number of nitrogen functional groups attached to an aromatic ring is 1. The smallest absolute Gasteiger partial charge is 0.241 e. The Balaban J connectivity index is 1.59. The van der Waals surface area contributed by atoms with E-state index >= 15 is 0 Å². The van der Waals surface area contributed by atoms with Gasteiger partial charge in [0.25, 0.3) is 0 Å². The minimum absolute atomic E-state index is 0.0210. The SMILES string of the molecule is COc1ccc([C@@H]2CC(=O)C3=C(C2)Nc2nc(N)nn2[C@@H]3c2ccccc2Cl)cc1OC. The number of nitrogens with one attached hydrogen (secondary N) is 1. The number of fused-ring (bicyclic) bond motifs is 1. The molecule has 0 unspecified atom stereocenters. The minimum atomic E-state index is -0.487. The van der Waals surface area contributed by atoms with Crippen LogP contribution in [0.1, 0.15) is 35.9 Å². The van der Waals surface area contributed by atoms with Crippen LogP contribution in [-0.4, -0.2) is 34.8 Å². The summed E-state index contributed by atoms with van der Waals surface area (Å²) in [6.07, 6.45) is 0.987. The van der Waals surface area contributed by atoms with Gasteiger partial charge in [-0.05, 0) is 36.1 Å². The maximum Gasteiger partial charge on any atom is 0.241 e. The zero-order valence-corrected chi connectivity index (χ0v) is 18.4. The molecule has 5 rings (SSSR count). The van der Waals surface area contributed by atoms with Crippen molar-refractivity contribution in [2.24, 2.45) is 0 Å². The van der Waals surface area contributed by atoms with Crippen LogP contribution in [0.5, 0.6) is 11.5 Å². The van der Waals surface area contributed by atoms with Crippen LogP contribution in [0.25, 0.3) is 0 Å². The molecule has 3 aromatic rings. The third-order valence-corrected chi connectivity index (χ3v) is 6.36. The van der Waals surface area contributed by atoms with Crippen molar-refractivity contribution >= 4 is 29.3 Å². The van der Waals surface area contributed by atoms with Gasteiger partial charge in [-0.2, -0.15) is 4.98 Å². The van der Waals surface area contributed by atoms with Crippen LogP contribution in [-0.2, 0) is 4.79 Å². The van der Waals surface area contributed by atoms with E-state index in [0.717, 1.165) is 16.8 Å². The molecule has 8 nitrogen and oxygen atoms in total. The molecule has 2 atom stereocenters. The molecule has 2 aliphatic rings. The highest BCUT2D eigenvalue weighted by Crippen LogP contribution is 2.46. The number of Topliss-reactive ketones (excluding diaryl/α,β-unsaturated/α-hetero) is 1. The monoisotopic (exact) mass is 451 g/mol. The number of hydrogen-bond acceptors (Lipinski definition) is 7. The lowest BCUT2D eigenvalue weighted by atomic mass is 9.78. The number of nitrogens with two attached hydrogens (primary N) is 1. The van der Waals surface area contributed by atoms with Crippen LogP contribution in [0.2, 0.25) is 5.02 Å². The minimum Gasteiger partial charge on any atom is -0.493 e. The molecule has 1 aliphatic heterocycles. The highest BCUT2D eigenvalue weighted by Gasteiger charge is 2.40. The number of ketones is 1. The lowest BCUT2D eigenvalue weighted by molar-refractivity contribution is -0.116. The number of hydrogen-bond donors (Lipinski definition) is 2. The summed E-state index contributed by atoms with van der Waals surface area (Å²) in [6.45, 7) is 0. The standard InChI is InChI=1S/C23H22ClN5O3/c1-31-18-8-7-12(11-19(18)32-2)13-9-16-20(17(30)10-13)21(14-5-3-4-6-15(14)24)29-23(26-16)27-22(25)28-29/h3-8,11,13,21H,9-10H2,1-2H3,(H3,25,26,27,28)/t13-,21+/m0/s1. The summed E-state index contributed by atoms with van der Waals surface area (Å²) in [6, 6.07) is 12.7. The van der Waals surface area contributed by atoms with Crippen LogP contribution >= 0.6 is 11.6 Å². The molecule has 0 saturated heterocycles. The highest BCUT2D eigenvalue weighted by molar-refractivity contribution is 6.31. The fourth-order valence-electron chi connectivity index (χ4n) is 4.56. The van der Waals surface area contributed by atoms with Gasteiger partial charge in [0.1, 0.15) is 6.04 Å². The number of ether oxygens (including phenoxy) is 2. The number of benzene rings is 2. The Hall–Kier alpha value is -3.52. The van der Waals surface area contributed by atoms with Gasteiger partial charge >= 0.3 is 0 Å². The van der Waals surface area contributed by atoms with Gasteiger partial charge in [0.15, 0.2) is 17.3 Å². The summed E-state index contributed by atoms with van der Waals surface area (Å²) in [5, 5.41) is 8.19. The van der Waals surface area contributed by atoms with Crippen LogP contribution in [0.3, 0.4) is 0 Å². The van der Waals surface area contributed by atoms with E-state index < -0.39 is 6.04 Å². The van der Waals surface area contributed by atoms with Gasteiger partial charge in [0.05, 0.1) is 14.2 Å². The first-order valence-electron chi connectivity index (χ1n) is 10.2. The van der Waals surface area contributed by atoms with Crippen molar-refractivity contribution in [3.05, 3.63) is 69.9 Å². The summed E-state index contributed by atoms with van der Waals surface area (Å²) in [5.74, 6) is 1.92. The zero-order chi connectivity index (χ0) is 22.4. The Labute approximate surface area is 190 Å². The van der Waals surface area contributed by atoms with E-state index in [2.05, 4.69) is 15.4 Å². The lowest BCUT2D eigenvalue weighted by Crippen LogP contribution is -2.33. The Morgan fingerprint density at radius 3 is 2.66 bits per heavy atom. The second-order valence-electron chi connectivity index (χ2n) is 7.82. The molecule has 0 saturated carbocycles. The molecule has 1 aromatic heterocycles. The van der Waals surface area contributed by atoms with E-state index in [9.17, 15) is 4.79 Å². The van der Waals surface area contributed by atoms with E-state index in [1.807, 2.05) is 36.4 Å². The van der Waals surface area contributed by atoms with Crippen LogP contribution in [0, 0.1) is 0 Å². The van der Waals surface area contributed by atoms with Gasteiger partial charge in [-0.15, -0.1) is 5.10 Å². The molecular formula is C23H22ClN5O3. The van der Waals surface area contributed by atoms with Gasteiger partial charge in [0.2, 0.25) is 11.9 Å². The summed E-state index contributed by atoms with van der Waals surface area (Å²) < 4.78 is 12.4. The summed E-state index contributed by atoms with van der Waals surface area (Å²) >= 11 is 6.52. The van der Waals surface area contributed by atoms with Crippen molar-refractivity contribution in [1.82, 2.24) is 14.8 Å². The van der Waals surface area contributed by atoms with Crippen molar-refractivity contribution in [1.29, 1.82) is 0 Å². The number of carbonyl (C=O) groups excluding carboxylic acids is 1. The number of allylic oxidation sites excluding steroid dienone is 2. The van der Waals surface area contributed by atoms with Gasteiger partial charge < -0.3 is 20.5 Å². The Morgan fingerprint density at radius 2 is 1.91 bits per heavy atom. The normalized spacial score (nSPS) is 19.8. The molecule has 0 amide bonds. The number of carbonyl (C=O) groups is 1. The molecule has 0 spiro atoms. The molecule has 32 heavy (non-hydrogen) atoms. The van der Waals surface area contributed by atoms with Crippen molar-refractivity contribution in [2.45, 2.75) is 24.8 Å². The number of rotatable bonds is 4. The largest absolute Gasteiger partial charge is 0.493 e. The van der Waals surface area contributed by atoms with Gasteiger partial charge in [-0.1, -0.05) is 35.9 Å². The molecule has 0 fully saturated rings. The summed E-state index contributed by atoms with van der Waals surface area (Å²) in [7, 11) is 3.20. The summed E-state index contributed by atoms with van der Waals surface area (Å²) in [5.41, 5.74) is 9.14. The number of aromatic nitrogens is 3. The second kappa shape index (κ2) is 7.87. The average Bonchev–Trinajstić information content (AvgIpc) is 3.17. The second-order valence-corrected chi connectivity index (χ2v) is 8.23. The zero-order valence-electron chi connectivity index (χ0n) is 17.6. The van der Waals surface area contributed by atoms with Crippen LogP contribution in [0.15, 0.2) is 53.7 Å². The van der Waals surface area contributed by atoms with E-state index in [1.165, 1.54) is 0 Å². The third-order valence-electron chi connectivity index (χ3n) is 6.02. The number of nitrogens with zero attached hydrogens (tertiary/aromatic N) is 3. The molecule has 2 aromatic carbocycles. The molecule has 0 radical (unpaired) electrons. The fraction of sp³-hybridized carbons (Fsp3) is 0.261. The maximum atomic E-state index is 13.5. The Kier molecular flexibility index (Phi) is 5.01. The quantitative estimate of drug-likeness (QED) is 0.618. The van der Waals surface area contributed by atoms with Crippen molar-refractivity contribution < 1.29 is 14.3 Å². The van der Waals surface area contributed by atoms with E-state index in [0.29, 0.717) is 40.9 Å². The number of anilines is 2. The van der Waals surface area contributed by atoms with Crippen LogP contribution in [0.4, 0.5) is 11.9 Å². The lowest BCUT2D eigenvalue weighted by Gasteiger charge is -2.35. The first-order valence-corrected chi connectivity index (χ1v) is 10.6. The predicted molar refractivity (Wildman–Crippen MR) is 121 cm³/mol. The maximum absolute atomic E-state index is 13.5. The first kappa shape index (κ1) is 20.4. The number of methoxy groups -OCH3 is 2. The van der Waals surface area contributed by atoms with Crippen molar-refractivity contribution in [3.63, 3.8) is 0 Å². The molecule has 2 heterocycles. The molecule has 164 valence electrons. The molecule has 9 heteroatoms. The highest BCUT2D eigenvalue weighted by atomic mass is 35.5. The van der Waals surface area contributed by atoms with E-state index in [4.69, 9.17) is 26.8 Å². The van der Waals surface area contributed by atoms with E-state index in [-0.39, 0.29) is 17.6 Å². The van der Waals surface area contributed by atoms with Gasteiger partial charge in [-0.25, -0.2) is 4.68 Å². The van der Waals surface area contributed by atoms with Gasteiger partial charge in [-0.3, -0.25) is 4.79 Å². The molecule has 1 aliphatic carbocycles. The number of halogens is 1. The van der Waals surface area contributed by atoms with Crippen LogP contribution < -0.4 is 20.5 Å². The Morgan fingerprint density at radius 1 is 1.12 bits per heavy atom. The molecule has 0 bridgehead atoms. The average molecular weight is 452 g/mol. The first-order chi connectivity index (χ1) is 15.5. The van der Waals surface area contributed by atoms with Crippen molar-refractivity contribution in [3.8, 4) is 11.5 Å². The van der Waals surface area contributed by atoms with E-state index in [1.54, 1.807) is 25.0 Å². The predicted octanol–water partition coefficient (Wildman–Crippen LogP) is 3.95. The summed E-state index contributed by atoms with van der Waals surface area (Å²) in [4.78, 5) is 17.8. The molecule has 3 N–H and O–H groups in total. The third kappa shape index (κ3) is 3.27. The topological polar surface area (TPSA) is 104 Å². The fourth-order valence-corrected chi connectivity index (χ4v) is 4.79. The van der Waals surface area contributed by atoms with Crippen molar-refractivity contribution in [2.75, 3.05) is 25.3 Å². The molecular weight excluding hydrogens is 430 g/mol. The Bertz CT molecular complexity index is 1250. The van der Waals surface area contributed by atoms with Gasteiger partial charge in [0, 0.05) is 28.3 Å².